The Balaban J connectivity index is 2.89. The summed E-state index contributed by atoms with van der Waals surface area (Å²) in [4.78, 5) is 22.3. The van der Waals surface area contributed by atoms with Crippen LogP contribution < -0.4 is 0 Å². The number of carbonyl (C=O) groups is 2. The molecule has 0 saturated carbocycles. The summed E-state index contributed by atoms with van der Waals surface area (Å²) in [6, 6.07) is 8.16. The normalized spacial score (nSPS) is 14.1. The summed E-state index contributed by atoms with van der Waals surface area (Å²) in [7, 11) is 0. The molecule has 0 radical (unpaired) electrons. The molecule has 0 aliphatic heterocycles. The first-order valence-electron chi connectivity index (χ1n) is 4.45. The highest BCUT2D eigenvalue weighted by Gasteiger charge is 2.34. The molecule has 4 nitrogen and oxygen atoms in total. The van der Waals surface area contributed by atoms with Crippen LogP contribution >= 0.6 is 0 Å². The smallest absolute Gasteiger partial charge is 0.305 e. The van der Waals surface area contributed by atoms with Crippen LogP contribution in [-0.2, 0) is 9.53 Å². The maximum Gasteiger partial charge on any atom is 0.305 e. The fraction of sp³-hybridized carbons (Fsp3) is 0.273. The van der Waals surface area contributed by atoms with Crippen molar-refractivity contribution in [3.8, 4) is 0 Å². The second kappa shape index (κ2) is 4.23. The van der Waals surface area contributed by atoms with Gasteiger partial charge in [0.15, 0.2) is 0 Å². The zero-order valence-corrected chi connectivity index (χ0v) is 8.56. The van der Waals surface area contributed by atoms with Crippen LogP contribution in [-0.4, -0.2) is 22.6 Å². The van der Waals surface area contributed by atoms with Gasteiger partial charge in [-0.05, 0) is 0 Å². The molecule has 0 spiro atoms. The molecule has 1 atom stereocenters. The molecule has 1 aromatic carbocycles. The number of carbonyl (C=O) groups excluding carboxylic acids is 2. The summed E-state index contributed by atoms with van der Waals surface area (Å²) in [6.45, 7) is 2.27. The molecular weight excluding hydrogens is 196 g/mol. The van der Waals surface area contributed by atoms with Gasteiger partial charge in [0.1, 0.15) is 0 Å². The highest BCUT2D eigenvalue weighted by atomic mass is 16.7. The lowest BCUT2D eigenvalue weighted by Crippen LogP contribution is -2.39. The lowest BCUT2D eigenvalue weighted by Gasteiger charge is -2.20. The lowest BCUT2D eigenvalue weighted by atomic mass is 10.0. The van der Waals surface area contributed by atoms with E-state index in [0.717, 1.165) is 13.8 Å². The number of ether oxygens (including phenoxy) is 1. The minimum Gasteiger partial charge on any atom is -0.426 e. The van der Waals surface area contributed by atoms with Crippen LogP contribution in [0.2, 0.25) is 0 Å². The molecular formula is C11H12O4. The van der Waals surface area contributed by atoms with Crippen LogP contribution in [0.25, 0.3) is 0 Å². The highest BCUT2D eigenvalue weighted by Crippen LogP contribution is 2.14. The second-order valence-electron chi connectivity index (χ2n) is 3.27. The molecule has 0 aliphatic rings. The lowest BCUT2D eigenvalue weighted by molar-refractivity contribution is -0.181. The van der Waals surface area contributed by atoms with Crippen LogP contribution in [0.4, 0.5) is 0 Å². The van der Waals surface area contributed by atoms with Crippen molar-refractivity contribution in [1.29, 1.82) is 0 Å². The van der Waals surface area contributed by atoms with Crippen molar-refractivity contribution in [1.82, 2.24) is 0 Å². The number of hydrogen-bond donors (Lipinski definition) is 1. The number of rotatable bonds is 3. The van der Waals surface area contributed by atoms with Crippen molar-refractivity contribution < 1.29 is 19.4 Å². The average molecular weight is 208 g/mol. The molecule has 0 amide bonds. The number of Topliss-reactive ketones (excluding diaryl/α,β-unsaturated/α-hetero) is 1. The first kappa shape index (κ1) is 11.4. The summed E-state index contributed by atoms with van der Waals surface area (Å²) < 4.78 is 4.52. The molecule has 4 heteroatoms. The van der Waals surface area contributed by atoms with E-state index in [4.69, 9.17) is 0 Å². The standard InChI is InChI=1S/C11H12O4/c1-8(12)15-11(2,14)10(13)9-6-4-3-5-7-9/h3-7,14H,1-2H3. The van der Waals surface area contributed by atoms with Gasteiger partial charge >= 0.3 is 5.97 Å². The predicted octanol–water partition coefficient (Wildman–Crippen LogP) is 1.14. The van der Waals surface area contributed by atoms with Crippen LogP contribution in [0, 0.1) is 0 Å². The molecule has 1 rings (SSSR count). The van der Waals surface area contributed by atoms with Crippen molar-refractivity contribution in [2.45, 2.75) is 19.6 Å². The van der Waals surface area contributed by atoms with Gasteiger partial charge in [-0.1, -0.05) is 30.3 Å². The van der Waals surface area contributed by atoms with Crippen LogP contribution in [0.3, 0.4) is 0 Å². The van der Waals surface area contributed by atoms with E-state index in [0.29, 0.717) is 5.56 Å². The minimum atomic E-state index is -2.10. The number of aliphatic hydroxyl groups is 1. The molecule has 0 saturated heterocycles. The van der Waals surface area contributed by atoms with Gasteiger partial charge in [-0.3, -0.25) is 9.59 Å². The SMILES string of the molecule is CC(=O)OC(C)(O)C(=O)c1ccccc1. The summed E-state index contributed by atoms with van der Waals surface area (Å²) in [5.74, 6) is -3.45. The van der Waals surface area contributed by atoms with Crippen molar-refractivity contribution in [3.63, 3.8) is 0 Å². The fourth-order valence-corrected chi connectivity index (χ4v) is 1.18. The zero-order valence-electron chi connectivity index (χ0n) is 8.56. The molecule has 1 N–H and O–H groups in total. The zero-order chi connectivity index (χ0) is 11.5. The summed E-state index contributed by atoms with van der Waals surface area (Å²) in [5.41, 5.74) is 0.295. The molecule has 15 heavy (non-hydrogen) atoms. The van der Waals surface area contributed by atoms with Crippen molar-refractivity contribution in [2.75, 3.05) is 0 Å². The van der Waals surface area contributed by atoms with Gasteiger partial charge in [0.05, 0.1) is 0 Å². The number of benzene rings is 1. The average Bonchev–Trinajstić information content (AvgIpc) is 2.16. The molecule has 80 valence electrons. The molecule has 0 heterocycles. The van der Waals surface area contributed by atoms with Gasteiger partial charge < -0.3 is 9.84 Å². The van der Waals surface area contributed by atoms with Crippen LogP contribution in [0.1, 0.15) is 24.2 Å². The molecule has 0 fully saturated rings. The van der Waals surface area contributed by atoms with Crippen LogP contribution in [0.15, 0.2) is 30.3 Å². The number of hydrogen-bond acceptors (Lipinski definition) is 4. The molecule has 1 unspecified atom stereocenters. The summed E-state index contributed by atoms with van der Waals surface area (Å²) in [6.07, 6.45) is 0. The van der Waals surface area contributed by atoms with E-state index in [2.05, 4.69) is 4.74 Å². The maximum atomic E-state index is 11.7. The van der Waals surface area contributed by atoms with E-state index in [1.807, 2.05) is 0 Å². The molecule has 0 aromatic heterocycles. The van der Waals surface area contributed by atoms with Gasteiger partial charge in [0.25, 0.3) is 5.79 Å². The summed E-state index contributed by atoms with van der Waals surface area (Å²) >= 11 is 0. The third kappa shape index (κ3) is 2.89. The van der Waals surface area contributed by atoms with Crippen molar-refractivity contribution in [3.05, 3.63) is 35.9 Å². The van der Waals surface area contributed by atoms with Gasteiger partial charge in [-0.2, -0.15) is 0 Å². The fourth-order valence-electron chi connectivity index (χ4n) is 1.18. The van der Waals surface area contributed by atoms with E-state index in [-0.39, 0.29) is 0 Å². The van der Waals surface area contributed by atoms with Crippen molar-refractivity contribution >= 4 is 11.8 Å². The van der Waals surface area contributed by atoms with Gasteiger partial charge in [0, 0.05) is 19.4 Å². The highest BCUT2D eigenvalue weighted by molar-refractivity contribution is 6.01. The Labute approximate surface area is 87.5 Å². The summed E-state index contributed by atoms with van der Waals surface area (Å²) in [5, 5.41) is 9.61. The van der Waals surface area contributed by atoms with E-state index >= 15 is 0 Å². The number of ketones is 1. The van der Waals surface area contributed by atoms with Crippen LogP contribution in [0.5, 0.6) is 0 Å². The first-order valence-corrected chi connectivity index (χ1v) is 4.45. The Kier molecular flexibility index (Phi) is 3.21. The Morgan fingerprint density at radius 2 is 1.80 bits per heavy atom. The topological polar surface area (TPSA) is 63.6 Å². The number of esters is 1. The molecule has 0 aliphatic carbocycles. The first-order chi connectivity index (χ1) is 6.93. The Morgan fingerprint density at radius 3 is 2.27 bits per heavy atom. The van der Waals surface area contributed by atoms with E-state index in [1.165, 1.54) is 0 Å². The van der Waals surface area contributed by atoms with E-state index < -0.39 is 17.5 Å². The molecule has 0 bridgehead atoms. The van der Waals surface area contributed by atoms with Gasteiger partial charge in [-0.15, -0.1) is 0 Å². The minimum absolute atomic E-state index is 0.295. The predicted molar refractivity (Wildman–Crippen MR) is 53.2 cm³/mol. The third-order valence-corrected chi connectivity index (χ3v) is 1.80. The Hall–Kier alpha value is -1.68. The van der Waals surface area contributed by atoms with E-state index in [9.17, 15) is 14.7 Å². The monoisotopic (exact) mass is 208 g/mol. The maximum absolute atomic E-state index is 11.7. The van der Waals surface area contributed by atoms with Gasteiger partial charge in [0.2, 0.25) is 5.78 Å². The molecule has 1 aromatic rings. The Morgan fingerprint density at radius 1 is 1.27 bits per heavy atom. The van der Waals surface area contributed by atoms with Gasteiger partial charge in [-0.25, -0.2) is 0 Å². The third-order valence-electron chi connectivity index (χ3n) is 1.80. The van der Waals surface area contributed by atoms with Crippen molar-refractivity contribution in [2.24, 2.45) is 0 Å². The van der Waals surface area contributed by atoms with E-state index in [1.54, 1.807) is 30.3 Å². The Bertz CT molecular complexity index is 367. The quantitative estimate of drug-likeness (QED) is 0.459. The second-order valence-corrected chi connectivity index (χ2v) is 3.27. The largest absolute Gasteiger partial charge is 0.426 e.